The molecular weight excluding hydrogens is 302 g/mol. The number of hydrogen-bond acceptors (Lipinski definition) is 4. The van der Waals surface area contributed by atoms with E-state index in [9.17, 15) is 4.79 Å². The smallest absolute Gasteiger partial charge is 0.241 e. The lowest BCUT2D eigenvalue weighted by molar-refractivity contribution is -0.142. The number of nitrogens with one attached hydrogen (secondary N) is 2. The molecule has 2 aliphatic rings. The number of hydrogen-bond donors (Lipinski definition) is 2. The van der Waals surface area contributed by atoms with Gasteiger partial charge < -0.3 is 9.64 Å². The van der Waals surface area contributed by atoms with Crippen molar-refractivity contribution in [2.45, 2.75) is 38.5 Å². The fourth-order valence-electron chi connectivity index (χ4n) is 3.07. The lowest BCUT2D eigenvalue weighted by Crippen LogP contribution is -2.60. The van der Waals surface area contributed by atoms with Crippen molar-refractivity contribution in [3.8, 4) is 5.75 Å². The maximum Gasteiger partial charge on any atom is 0.241 e. The van der Waals surface area contributed by atoms with Crippen LogP contribution in [0.4, 0.5) is 0 Å². The molecule has 2 saturated heterocycles. The number of benzene rings is 1. The largest absolute Gasteiger partial charge is 0.487 e. The summed E-state index contributed by atoms with van der Waals surface area (Å²) in [5.41, 5.74) is 6.33. The highest BCUT2D eigenvalue weighted by Gasteiger charge is 2.42. The van der Waals surface area contributed by atoms with E-state index in [1.54, 1.807) is 6.07 Å². The van der Waals surface area contributed by atoms with Crippen molar-refractivity contribution in [2.75, 3.05) is 13.1 Å². The van der Waals surface area contributed by atoms with E-state index < -0.39 is 0 Å². The van der Waals surface area contributed by atoms with Crippen molar-refractivity contribution in [1.82, 2.24) is 15.8 Å². The summed E-state index contributed by atoms with van der Waals surface area (Å²) in [4.78, 5) is 14.3. The molecule has 2 heterocycles. The first-order valence-corrected chi connectivity index (χ1v) is 8.18. The fourth-order valence-corrected chi connectivity index (χ4v) is 3.25. The van der Waals surface area contributed by atoms with Crippen LogP contribution >= 0.6 is 11.6 Å². The van der Waals surface area contributed by atoms with Gasteiger partial charge in [0.1, 0.15) is 17.9 Å². The molecule has 0 aromatic heterocycles. The van der Waals surface area contributed by atoms with Crippen LogP contribution in [0.15, 0.2) is 24.3 Å². The van der Waals surface area contributed by atoms with Crippen LogP contribution in [0, 0.1) is 5.92 Å². The molecule has 1 aromatic carbocycles. The summed E-state index contributed by atoms with van der Waals surface area (Å²) in [5, 5.41) is 0.658. The van der Waals surface area contributed by atoms with Gasteiger partial charge in [0.25, 0.3) is 0 Å². The van der Waals surface area contributed by atoms with E-state index in [2.05, 4.69) is 24.7 Å². The summed E-state index contributed by atoms with van der Waals surface area (Å²) < 4.78 is 5.83. The number of amides is 1. The van der Waals surface area contributed by atoms with Gasteiger partial charge in [0, 0.05) is 11.1 Å². The second-order valence-electron chi connectivity index (χ2n) is 6.08. The first-order valence-electron chi connectivity index (χ1n) is 7.80. The van der Waals surface area contributed by atoms with Gasteiger partial charge in [0.05, 0.1) is 13.1 Å². The van der Waals surface area contributed by atoms with Crippen molar-refractivity contribution >= 4 is 17.5 Å². The second kappa shape index (κ2) is 6.44. The van der Waals surface area contributed by atoms with Gasteiger partial charge >= 0.3 is 0 Å². The molecule has 1 aromatic rings. The number of nitrogens with zero attached hydrogens (tertiary/aromatic N) is 1. The minimum Gasteiger partial charge on any atom is -0.487 e. The standard InChI is InChI=1S/C16H22ClN3O2/c1-3-14-10(2)15(19-18-14)16(21)20-8-13(9-20)22-12-6-4-5-11(17)7-12/h4-7,10,13-15,18-19H,3,8-9H2,1-2H3. The Balaban J connectivity index is 1.50. The molecule has 1 amide bonds. The molecule has 2 N–H and O–H groups in total. The second-order valence-corrected chi connectivity index (χ2v) is 6.52. The molecule has 0 aliphatic carbocycles. The van der Waals surface area contributed by atoms with Crippen molar-refractivity contribution in [3.05, 3.63) is 29.3 Å². The van der Waals surface area contributed by atoms with E-state index in [4.69, 9.17) is 16.3 Å². The molecule has 22 heavy (non-hydrogen) atoms. The predicted molar refractivity (Wildman–Crippen MR) is 85.8 cm³/mol. The highest BCUT2D eigenvalue weighted by Crippen LogP contribution is 2.24. The third-order valence-electron chi connectivity index (χ3n) is 4.55. The van der Waals surface area contributed by atoms with Crippen LogP contribution in [0.25, 0.3) is 0 Å². The zero-order valence-corrected chi connectivity index (χ0v) is 13.6. The van der Waals surface area contributed by atoms with E-state index in [0.717, 1.165) is 12.2 Å². The molecule has 3 rings (SSSR count). The molecule has 0 bridgehead atoms. The summed E-state index contributed by atoms with van der Waals surface area (Å²) in [5.74, 6) is 1.21. The van der Waals surface area contributed by atoms with Gasteiger partial charge in [-0.05, 0) is 30.5 Å². The van der Waals surface area contributed by atoms with Crippen LogP contribution in [-0.4, -0.2) is 42.1 Å². The molecule has 0 saturated carbocycles. The molecular formula is C16H22ClN3O2. The van der Waals surface area contributed by atoms with Gasteiger partial charge in [-0.2, -0.15) is 0 Å². The number of hydrazine groups is 1. The van der Waals surface area contributed by atoms with E-state index in [1.807, 2.05) is 23.1 Å². The Kier molecular flexibility index (Phi) is 4.57. The zero-order chi connectivity index (χ0) is 15.7. The molecule has 2 aliphatic heterocycles. The summed E-state index contributed by atoms with van der Waals surface area (Å²) in [6, 6.07) is 7.57. The van der Waals surface area contributed by atoms with Crippen LogP contribution in [0.5, 0.6) is 5.75 Å². The predicted octanol–water partition coefficient (Wildman–Crippen LogP) is 1.82. The third-order valence-corrected chi connectivity index (χ3v) is 4.78. The van der Waals surface area contributed by atoms with Gasteiger partial charge in [0.2, 0.25) is 5.91 Å². The van der Waals surface area contributed by atoms with Crippen LogP contribution in [0.1, 0.15) is 20.3 Å². The molecule has 120 valence electrons. The normalized spacial score (nSPS) is 28.5. The summed E-state index contributed by atoms with van der Waals surface area (Å²) in [6.45, 7) is 5.50. The Morgan fingerprint density at radius 3 is 2.82 bits per heavy atom. The van der Waals surface area contributed by atoms with Gasteiger partial charge in [0.15, 0.2) is 0 Å². The zero-order valence-electron chi connectivity index (χ0n) is 12.9. The quantitative estimate of drug-likeness (QED) is 0.887. The monoisotopic (exact) mass is 323 g/mol. The van der Waals surface area contributed by atoms with Gasteiger partial charge in [-0.3, -0.25) is 10.2 Å². The first-order chi connectivity index (χ1) is 10.6. The Morgan fingerprint density at radius 1 is 1.41 bits per heavy atom. The number of carbonyl (C=O) groups excluding carboxylic acids is 1. The number of likely N-dealkylation sites (tertiary alicyclic amines) is 1. The molecule has 3 unspecified atom stereocenters. The topological polar surface area (TPSA) is 53.6 Å². The van der Waals surface area contributed by atoms with Crippen LogP contribution in [0.2, 0.25) is 5.02 Å². The summed E-state index contributed by atoms with van der Waals surface area (Å²) in [7, 11) is 0. The SMILES string of the molecule is CCC1NNC(C(=O)N2CC(Oc3cccc(Cl)c3)C2)C1C. The van der Waals surface area contributed by atoms with E-state index >= 15 is 0 Å². The van der Waals surface area contributed by atoms with Crippen molar-refractivity contribution in [2.24, 2.45) is 5.92 Å². The molecule has 2 fully saturated rings. The highest BCUT2D eigenvalue weighted by atomic mass is 35.5. The lowest BCUT2D eigenvalue weighted by atomic mass is 9.93. The molecule has 6 heteroatoms. The third kappa shape index (κ3) is 3.07. The summed E-state index contributed by atoms with van der Waals surface area (Å²) >= 11 is 5.94. The lowest BCUT2D eigenvalue weighted by Gasteiger charge is -2.40. The number of halogens is 1. The van der Waals surface area contributed by atoms with Crippen LogP contribution in [0.3, 0.4) is 0 Å². The maximum absolute atomic E-state index is 12.5. The number of carbonyl (C=O) groups is 1. The number of ether oxygens (including phenoxy) is 1. The average Bonchev–Trinajstić information content (AvgIpc) is 2.83. The summed E-state index contributed by atoms with van der Waals surface area (Å²) in [6.07, 6.45) is 1.06. The Hall–Kier alpha value is -1.30. The van der Waals surface area contributed by atoms with Crippen LogP contribution < -0.4 is 15.6 Å². The Morgan fingerprint density at radius 2 is 2.18 bits per heavy atom. The minimum atomic E-state index is -0.142. The van der Waals surface area contributed by atoms with Gasteiger partial charge in [-0.25, -0.2) is 5.43 Å². The van der Waals surface area contributed by atoms with Gasteiger partial charge in [-0.15, -0.1) is 0 Å². The molecule has 5 nitrogen and oxygen atoms in total. The highest BCUT2D eigenvalue weighted by molar-refractivity contribution is 6.30. The van der Waals surface area contributed by atoms with Gasteiger partial charge in [-0.1, -0.05) is 31.5 Å². The van der Waals surface area contributed by atoms with Crippen molar-refractivity contribution in [3.63, 3.8) is 0 Å². The minimum absolute atomic E-state index is 0.0501. The van der Waals surface area contributed by atoms with E-state index in [-0.39, 0.29) is 18.1 Å². The molecule has 0 radical (unpaired) electrons. The first kappa shape index (κ1) is 15.6. The van der Waals surface area contributed by atoms with E-state index in [1.165, 1.54) is 0 Å². The molecule has 3 atom stereocenters. The average molecular weight is 324 g/mol. The maximum atomic E-state index is 12.5. The van der Waals surface area contributed by atoms with E-state index in [0.29, 0.717) is 30.1 Å². The Labute approximate surface area is 135 Å². The molecule has 0 spiro atoms. The Bertz CT molecular complexity index is 548. The van der Waals surface area contributed by atoms with Crippen molar-refractivity contribution in [1.29, 1.82) is 0 Å². The fraction of sp³-hybridized carbons (Fsp3) is 0.562. The number of rotatable bonds is 4. The van der Waals surface area contributed by atoms with Crippen LogP contribution in [-0.2, 0) is 4.79 Å². The van der Waals surface area contributed by atoms with Crippen molar-refractivity contribution < 1.29 is 9.53 Å².